The predicted molar refractivity (Wildman–Crippen MR) is 83.5 cm³/mol. The van der Waals surface area contributed by atoms with Gasteiger partial charge in [-0.3, -0.25) is 4.90 Å². The average Bonchev–Trinajstić information content (AvgIpc) is 3.20. The van der Waals surface area contributed by atoms with Gasteiger partial charge in [-0.15, -0.1) is 0 Å². The number of nitrogens with zero attached hydrogens (tertiary/aromatic N) is 1. The quantitative estimate of drug-likeness (QED) is 0.756. The summed E-state index contributed by atoms with van der Waals surface area (Å²) in [5.74, 6) is 1.86. The van der Waals surface area contributed by atoms with E-state index in [1.807, 2.05) is 0 Å². The van der Waals surface area contributed by atoms with E-state index >= 15 is 0 Å². The largest absolute Gasteiger partial charge is 0.311 e. The van der Waals surface area contributed by atoms with Gasteiger partial charge in [0.25, 0.3) is 0 Å². The summed E-state index contributed by atoms with van der Waals surface area (Å²) >= 11 is 0. The van der Waals surface area contributed by atoms with E-state index in [-0.39, 0.29) is 0 Å². The summed E-state index contributed by atoms with van der Waals surface area (Å²) in [6.07, 6.45) is 8.32. The molecule has 1 heterocycles. The fourth-order valence-electron chi connectivity index (χ4n) is 3.72. The highest BCUT2D eigenvalue weighted by Gasteiger charge is 2.39. The van der Waals surface area contributed by atoms with Crippen LogP contribution in [-0.2, 0) is 0 Å². The highest BCUT2D eigenvalue weighted by atomic mass is 15.3. The molecule has 19 heavy (non-hydrogen) atoms. The molecule has 0 bridgehead atoms. The molecule has 2 rings (SSSR count). The second-order valence-corrected chi connectivity index (χ2v) is 7.32. The molecule has 1 aliphatic heterocycles. The Morgan fingerprint density at radius 3 is 2.42 bits per heavy atom. The van der Waals surface area contributed by atoms with Gasteiger partial charge in [0.2, 0.25) is 0 Å². The van der Waals surface area contributed by atoms with Crippen LogP contribution in [0.15, 0.2) is 0 Å². The highest BCUT2D eigenvalue weighted by molar-refractivity contribution is 4.98. The van der Waals surface area contributed by atoms with Crippen LogP contribution >= 0.6 is 0 Å². The maximum atomic E-state index is 3.83. The van der Waals surface area contributed by atoms with Gasteiger partial charge in [-0.2, -0.15) is 0 Å². The van der Waals surface area contributed by atoms with E-state index in [2.05, 4.69) is 37.9 Å². The number of hydrogen-bond acceptors (Lipinski definition) is 2. The number of hydrogen-bond donors (Lipinski definition) is 1. The molecule has 2 aliphatic rings. The lowest BCUT2D eigenvalue weighted by atomic mass is 9.85. The third-order valence-electron chi connectivity index (χ3n) is 5.41. The lowest BCUT2D eigenvalue weighted by molar-refractivity contribution is 0.0256. The number of nitrogens with one attached hydrogen (secondary N) is 1. The Morgan fingerprint density at radius 2 is 1.89 bits per heavy atom. The molecule has 2 heteroatoms. The van der Waals surface area contributed by atoms with Gasteiger partial charge in [-0.05, 0) is 44.1 Å². The fraction of sp³-hybridized carbons (Fsp3) is 1.00. The minimum atomic E-state index is 0.433. The van der Waals surface area contributed by atoms with Gasteiger partial charge in [-0.25, -0.2) is 0 Å². The molecule has 1 unspecified atom stereocenters. The molecule has 1 saturated carbocycles. The molecular weight excluding hydrogens is 232 g/mol. The average molecular weight is 266 g/mol. The molecule has 0 aromatic carbocycles. The van der Waals surface area contributed by atoms with Crippen LogP contribution in [0.4, 0.5) is 0 Å². The van der Waals surface area contributed by atoms with Crippen molar-refractivity contribution >= 4 is 0 Å². The third-order valence-corrected chi connectivity index (χ3v) is 5.41. The van der Waals surface area contributed by atoms with Gasteiger partial charge in [0, 0.05) is 24.7 Å². The molecule has 0 radical (unpaired) electrons. The van der Waals surface area contributed by atoms with Crippen molar-refractivity contribution in [3.05, 3.63) is 0 Å². The Labute approximate surface area is 120 Å². The predicted octanol–water partition coefficient (Wildman–Crippen LogP) is 3.67. The van der Waals surface area contributed by atoms with Crippen LogP contribution in [-0.4, -0.2) is 36.1 Å². The summed E-state index contributed by atoms with van der Waals surface area (Å²) in [6.45, 7) is 13.2. The van der Waals surface area contributed by atoms with E-state index in [9.17, 15) is 0 Å². The first kappa shape index (κ1) is 15.3. The molecule has 0 amide bonds. The molecule has 0 spiro atoms. The van der Waals surface area contributed by atoms with Crippen LogP contribution in [0.2, 0.25) is 0 Å². The molecule has 112 valence electrons. The van der Waals surface area contributed by atoms with Crippen molar-refractivity contribution in [2.24, 2.45) is 11.8 Å². The molecule has 1 atom stereocenters. The summed E-state index contributed by atoms with van der Waals surface area (Å²) in [7, 11) is 0. The molecule has 1 N–H and O–H groups in total. The van der Waals surface area contributed by atoms with Gasteiger partial charge in [0.05, 0.1) is 0 Å². The van der Waals surface area contributed by atoms with E-state index < -0.39 is 0 Å². The topological polar surface area (TPSA) is 15.3 Å². The summed E-state index contributed by atoms with van der Waals surface area (Å²) in [6, 6.07) is 0.713. The van der Waals surface area contributed by atoms with Gasteiger partial charge < -0.3 is 5.32 Å². The van der Waals surface area contributed by atoms with Crippen LogP contribution in [0.3, 0.4) is 0 Å². The minimum absolute atomic E-state index is 0.433. The lowest BCUT2D eigenvalue weighted by Gasteiger charge is -2.50. The monoisotopic (exact) mass is 266 g/mol. The van der Waals surface area contributed by atoms with Crippen molar-refractivity contribution in [3.63, 3.8) is 0 Å². The number of rotatable bonds is 7. The number of piperazine rings is 1. The minimum Gasteiger partial charge on any atom is -0.311 e. The van der Waals surface area contributed by atoms with Gasteiger partial charge in [0.15, 0.2) is 0 Å². The van der Waals surface area contributed by atoms with E-state index in [1.165, 1.54) is 58.2 Å². The highest BCUT2D eigenvalue weighted by Crippen LogP contribution is 2.35. The molecule has 0 aromatic rings. The molecule has 2 fully saturated rings. The maximum absolute atomic E-state index is 3.83. The van der Waals surface area contributed by atoms with Crippen molar-refractivity contribution in [1.29, 1.82) is 0 Å². The zero-order chi connectivity index (χ0) is 13.9. The van der Waals surface area contributed by atoms with Crippen LogP contribution in [0.5, 0.6) is 0 Å². The smallest absolute Gasteiger partial charge is 0.0329 e. The summed E-state index contributed by atoms with van der Waals surface area (Å²) < 4.78 is 0. The second kappa shape index (κ2) is 6.58. The maximum Gasteiger partial charge on any atom is 0.0329 e. The van der Waals surface area contributed by atoms with Gasteiger partial charge >= 0.3 is 0 Å². The van der Waals surface area contributed by atoms with Crippen molar-refractivity contribution in [1.82, 2.24) is 10.2 Å². The Hall–Kier alpha value is -0.0800. The third kappa shape index (κ3) is 3.95. The van der Waals surface area contributed by atoms with E-state index in [4.69, 9.17) is 0 Å². The zero-order valence-electron chi connectivity index (χ0n) is 13.5. The van der Waals surface area contributed by atoms with E-state index in [0.29, 0.717) is 11.6 Å². The van der Waals surface area contributed by atoms with Gasteiger partial charge in [0.1, 0.15) is 0 Å². The van der Waals surface area contributed by atoms with E-state index in [0.717, 1.165) is 11.8 Å². The Morgan fingerprint density at radius 1 is 1.21 bits per heavy atom. The van der Waals surface area contributed by atoms with Crippen LogP contribution in [0.1, 0.15) is 66.2 Å². The van der Waals surface area contributed by atoms with Crippen molar-refractivity contribution < 1.29 is 0 Å². The molecule has 2 nitrogen and oxygen atoms in total. The van der Waals surface area contributed by atoms with Crippen molar-refractivity contribution in [2.45, 2.75) is 77.8 Å². The normalized spacial score (nSPS) is 27.9. The SMILES string of the molecule is CCC1(CC)CNC(CC(C)C)CN1CCC1CC1. The van der Waals surface area contributed by atoms with Crippen molar-refractivity contribution in [2.75, 3.05) is 19.6 Å². The summed E-state index contributed by atoms with van der Waals surface area (Å²) in [5.41, 5.74) is 0.433. The standard InChI is InChI=1S/C17H34N2/c1-5-17(6-2)13-18-16(11-14(3)4)12-19(17)10-9-15-7-8-15/h14-16,18H,5-13H2,1-4H3. The first-order chi connectivity index (χ1) is 9.09. The van der Waals surface area contributed by atoms with Crippen LogP contribution < -0.4 is 5.32 Å². The van der Waals surface area contributed by atoms with E-state index in [1.54, 1.807) is 0 Å². The van der Waals surface area contributed by atoms with Crippen LogP contribution in [0.25, 0.3) is 0 Å². The lowest BCUT2D eigenvalue weighted by Crippen LogP contribution is -2.64. The Kier molecular flexibility index (Phi) is 5.30. The second-order valence-electron chi connectivity index (χ2n) is 7.32. The summed E-state index contributed by atoms with van der Waals surface area (Å²) in [5, 5.41) is 3.83. The first-order valence-electron chi connectivity index (χ1n) is 8.58. The zero-order valence-corrected chi connectivity index (χ0v) is 13.5. The Balaban J connectivity index is 1.95. The Bertz CT molecular complexity index is 266. The molecule has 1 saturated heterocycles. The fourth-order valence-corrected chi connectivity index (χ4v) is 3.72. The van der Waals surface area contributed by atoms with Gasteiger partial charge in [-0.1, -0.05) is 40.5 Å². The first-order valence-corrected chi connectivity index (χ1v) is 8.58. The van der Waals surface area contributed by atoms with Crippen molar-refractivity contribution in [3.8, 4) is 0 Å². The molecule has 1 aliphatic carbocycles. The van der Waals surface area contributed by atoms with Crippen LogP contribution in [0, 0.1) is 11.8 Å². The molecular formula is C17H34N2. The molecule has 0 aromatic heterocycles. The summed E-state index contributed by atoms with van der Waals surface area (Å²) in [4.78, 5) is 2.84.